The minimum atomic E-state index is -0.987. The van der Waals surface area contributed by atoms with Gasteiger partial charge in [0.1, 0.15) is 6.04 Å². The average molecular weight is 511 g/mol. The van der Waals surface area contributed by atoms with Crippen molar-refractivity contribution in [1.82, 2.24) is 4.90 Å². The Morgan fingerprint density at radius 1 is 0.895 bits per heavy atom. The molecule has 1 fully saturated rings. The summed E-state index contributed by atoms with van der Waals surface area (Å²) in [7, 11) is 0. The van der Waals surface area contributed by atoms with Crippen molar-refractivity contribution in [2.45, 2.75) is 64.5 Å². The minimum absolute atomic E-state index is 0.144. The first-order chi connectivity index (χ1) is 18.3. The number of carbonyl (C=O) groups excluding carboxylic acids is 2. The molecular weight excluding hydrogens is 476 g/mol. The van der Waals surface area contributed by atoms with E-state index in [-0.39, 0.29) is 17.7 Å². The van der Waals surface area contributed by atoms with Gasteiger partial charge in [0.25, 0.3) is 11.8 Å². The molecule has 6 heteroatoms. The molecule has 0 aromatic heterocycles. The summed E-state index contributed by atoms with van der Waals surface area (Å²) >= 11 is 0. The van der Waals surface area contributed by atoms with Crippen LogP contribution in [-0.2, 0) is 11.3 Å². The molecule has 0 bridgehead atoms. The summed E-state index contributed by atoms with van der Waals surface area (Å²) in [5.74, 6) is -0.961. The zero-order valence-corrected chi connectivity index (χ0v) is 21.9. The highest BCUT2D eigenvalue weighted by Crippen LogP contribution is 2.33. The Kier molecular flexibility index (Phi) is 7.32. The summed E-state index contributed by atoms with van der Waals surface area (Å²) < 4.78 is 0. The number of hydrogen-bond acceptors (Lipinski definition) is 3. The number of carbonyl (C=O) groups is 3. The van der Waals surface area contributed by atoms with E-state index < -0.39 is 12.0 Å². The van der Waals surface area contributed by atoms with E-state index in [2.05, 4.69) is 17.4 Å². The van der Waals surface area contributed by atoms with E-state index in [0.29, 0.717) is 29.3 Å². The summed E-state index contributed by atoms with van der Waals surface area (Å²) in [6, 6.07) is 20.3. The van der Waals surface area contributed by atoms with E-state index in [1.54, 1.807) is 0 Å². The van der Waals surface area contributed by atoms with Crippen LogP contribution in [0.4, 0.5) is 5.69 Å². The molecule has 38 heavy (non-hydrogen) atoms. The van der Waals surface area contributed by atoms with E-state index in [9.17, 15) is 19.5 Å². The number of amides is 2. The van der Waals surface area contributed by atoms with Crippen LogP contribution in [0.2, 0.25) is 0 Å². The van der Waals surface area contributed by atoms with E-state index in [0.717, 1.165) is 16.7 Å². The summed E-state index contributed by atoms with van der Waals surface area (Å²) in [5, 5.41) is 12.6. The third kappa shape index (κ3) is 5.21. The average Bonchev–Trinajstić information content (AvgIpc) is 3.24. The molecule has 1 aliphatic carbocycles. The Morgan fingerprint density at radius 3 is 2.18 bits per heavy atom. The Hall–Kier alpha value is -3.93. The molecule has 2 aliphatic rings. The van der Waals surface area contributed by atoms with Crippen LogP contribution in [0.3, 0.4) is 0 Å². The molecule has 1 heterocycles. The van der Waals surface area contributed by atoms with Crippen molar-refractivity contribution in [2.75, 3.05) is 5.32 Å². The van der Waals surface area contributed by atoms with Gasteiger partial charge in [-0.25, -0.2) is 4.79 Å². The first kappa shape index (κ1) is 25.7. The number of rotatable bonds is 7. The van der Waals surface area contributed by atoms with E-state index >= 15 is 0 Å². The first-order valence-electron chi connectivity index (χ1n) is 13.5. The molecule has 0 radical (unpaired) electrons. The molecule has 1 saturated carbocycles. The zero-order valence-electron chi connectivity index (χ0n) is 21.9. The number of carboxylic acids is 1. The fourth-order valence-corrected chi connectivity index (χ4v) is 5.80. The predicted molar refractivity (Wildman–Crippen MR) is 148 cm³/mol. The molecule has 1 unspecified atom stereocenters. The fourth-order valence-electron chi connectivity index (χ4n) is 5.80. The van der Waals surface area contributed by atoms with Gasteiger partial charge >= 0.3 is 5.97 Å². The van der Waals surface area contributed by atoms with Crippen LogP contribution >= 0.6 is 0 Å². The SMILES string of the molecule is CC(C)C(C(=O)O)N1Cc2ccc(-c3ccc(NC(=O)c4ccc(C5CCCCC5)cc4)cc3)cc2C1=O. The van der Waals surface area contributed by atoms with Crippen molar-refractivity contribution in [3.8, 4) is 11.1 Å². The number of nitrogens with zero attached hydrogens (tertiary/aromatic N) is 1. The van der Waals surface area contributed by atoms with Gasteiger partial charge in [0.05, 0.1) is 0 Å². The number of anilines is 1. The normalized spacial score (nSPS) is 16.4. The number of aliphatic carboxylic acids is 1. The highest BCUT2D eigenvalue weighted by Gasteiger charge is 2.38. The van der Waals surface area contributed by atoms with Crippen LogP contribution in [0, 0.1) is 5.92 Å². The minimum Gasteiger partial charge on any atom is -0.480 e. The van der Waals surface area contributed by atoms with Crippen LogP contribution in [0.1, 0.15) is 83.7 Å². The third-order valence-corrected chi connectivity index (χ3v) is 7.89. The number of benzene rings is 3. The summed E-state index contributed by atoms with van der Waals surface area (Å²) in [6.45, 7) is 3.93. The van der Waals surface area contributed by atoms with Crippen molar-refractivity contribution in [3.63, 3.8) is 0 Å². The van der Waals surface area contributed by atoms with Crippen LogP contribution in [0.25, 0.3) is 11.1 Å². The molecule has 196 valence electrons. The lowest BCUT2D eigenvalue weighted by Crippen LogP contribution is -2.44. The molecular formula is C32H34N2O4. The van der Waals surface area contributed by atoms with Crippen LogP contribution < -0.4 is 5.32 Å². The van der Waals surface area contributed by atoms with Crippen molar-refractivity contribution < 1.29 is 19.5 Å². The molecule has 2 amide bonds. The van der Waals surface area contributed by atoms with Gasteiger partial charge in [-0.15, -0.1) is 0 Å². The maximum Gasteiger partial charge on any atom is 0.326 e. The number of nitrogens with one attached hydrogen (secondary N) is 1. The number of carboxylic acid groups (broad SMARTS) is 1. The Morgan fingerprint density at radius 2 is 1.55 bits per heavy atom. The molecule has 0 spiro atoms. The number of fused-ring (bicyclic) bond motifs is 1. The topological polar surface area (TPSA) is 86.7 Å². The van der Waals surface area contributed by atoms with E-state index in [1.807, 2.05) is 68.4 Å². The largest absolute Gasteiger partial charge is 0.480 e. The molecule has 3 aromatic rings. The summed E-state index contributed by atoms with van der Waals surface area (Å²) in [6.07, 6.45) is 6.36. The van der Waals surface area contributed by atoms with E-state index in [1.165, 1.54) is 42.6 Å². The monoisotopic (exact) mass is 510 g/mol. The van der Waals surface area contributed by atoms with Gasteiger partial charge < -0.3 is 15.3 Å². The van der Waals surface area contributed by atoms with Crippen molar-refractivity contribution in [3.05, 3.63) is 89.0 Å². The van der Waals surface area contributed by atoms with Gasteiger partial charge in [-0.05, 0) is 77.3 Å². The summed E-state index contributed by atoms with van der Waals surface area (Å²) in [4.78, 5) is 39.1. The Labute approximate surface area is 223 Å². The quantitative estimate of drug-likeness (QED) is 0.369. The van der Waals surface area contributed by atoms with Gasteiger partial charge in [0, 0.05) is 23.4 Å². The lowest BCUT2D eigenvalue weighted by molar-refractivity contribution is -0.144. The molecule has 3 aromatic carbocycles. The Bertz CT molecular complexity index is 1340. The van der Waals surface area contributed by atoms with Gasteiger partial charge in [-0.1, -0.05) is 69.5 Å². The highest BCUT2D eigenvalue weighted by molar-refractivity contribution is 6.04. The van der Waals surface area contributed by atoms with Crippen LogP contribution in [0.5, 0.6) is 0 Å². The maximum atomic E-state index is 13.1. The number of hydrogen-bond donors (Lipinski definition) is 2. The predicted octanol–water partition coefficient (Wildman–Crippen LogP) is 6.72. The van der Waals surface area contributed by atoms with Gasteiger partial charge in [0.15, 0.2) is 0 Å². The fraction of sp³-hybridized carbons (Fsp3) is 0.344. The third-order valence-electron chi connectivity index (χ3n) is 7.89. The van der Waals surface area contributed by atoms with Gasteiger partial charge in [0.2, 0.25) is 0 Å². The molecule has 0 saturated heterocycles. The molecule has 1 aliphatic heterocycles. The second-order valence-corrected chi connectivity index (χ2v) is 10.8. The second kappa shape index (κ2) is 10.8. The Balaban J connectivity index is 1.26. The highest BCUT2D eigenvalue weighted by atomic mass is 16.4. The second-order valence-electron chi connectivity index (χ2n) is 10.8. The van der Waals surface area contributed by atoms with Gasteiger partial charge in [-0.2, -0.15) is 0 Å². The van der Waals surface area contributed by atoms with Crippen molar-refractivity contribution in [2.24, 2.45) is 5.92 Å². The standard InChI is InChI=1S/C32H34N2O4/c1-20(2)29(32(37)38)34-19-26-13-12-25(18-28(26)31(34)36)23-14-16-27(17-15-23)33-30(35)24-10-8-22(9-11-24)21-6-4-3-5-7-21/h8-18,20-21,29H,3-7,19H2,1-2H3,(H,33,35)(H,37,38). The van der Waals surface area contributed by atoms with Crippen LogP contribution in [-0.4, -0.2) is 33.8 Å². The molecule has 6 nitrogen and oxygen atoms in total. The van der Waals surface area contributed by atoms with Gasteiger partial charge in [-0.3, -0.25) is 9.59 Å². The zero-order chi connectivity index (χ0) is 26.8. The molecule has 5 rings (SSSR count). The first-order valence-corrected chi connectivity index (χ1v) is 13.5. The lowest BCUT2D eigenvalue weighted by Gasteiger charge is -2.27. The smallest absolute Gasteiger partial charge is 0.326 e. The van der Waals surface area contributed by atoms with Crippen molar-refractivity contribution in [1.29, 1.82) is 0 Å². The van der Waals surface area contributed by atoms with Crippen LogP contribution in [0.15, 0.2) is 66.7 Å². The maximum absolute atomic E-state index is 13.1. The molecule has 1 atom stereocenters. The molecule has 2 N–H and O–H groups in total. The summed E-state index contributed by atoms with van der Waals surface area (Å²) in [5.41, 5.74) is 5.81. The van der Waals surface area contributed by atoms with E-state index in [4.69, 9.17) is 0 Å². The lowest BCUT2D eigenvalue weighted by atomic mass is 9.84. The van der Waals surface area contributed by atoms with Crippen molar-refractivity contribution >= 4 is 23.5 Å².